The fourth-order valence-corrected chi connectivity index (χ4v) is 3.34. The molecule has 7 heteroatoms. The molecule has 2 aromatic rings. The lowest BCUT2D eigenvalue weighted by Gasteiger charge is -2.15. The lowest BCUT2D eigenvalue weighted by molar-refractivity contribution is 0.254. The van der Waals surface area contributed by atoms with Crippen LogP contribution in [-0.2, 0) is 19.5 Å². The molecule has 0 bridgehead atoms. The average molecular weight is 520 g/mol. The van der Waals surface area contributed by atoms with E-state index < -0.39 is 0 Å². The van der Waals surface area contributed by atoms with Gasteiger partial charge in [0.25, 0.3) is 0 Å². The number of benzene rings is 2. The Labute approximate surface area is 195 Å². The Kier molecular flexibility index (Phi) is 9.24. The maximum absolute atomic E-state index is 9.05. The quantitative estimate of drug-likeness (QED) is 0.326. The van der Waals surface area contributed by atoms with E-state index in [1.807, 2.05) is 32.0 Å². The Morgan fingerprint density at radius 2 is 2.10 bits per heavy atom. The average Bonchev–Trinajstić information content (AvgIpc) is 3.09. The number of aliphatic imine (C=N–C) groups is 1. The topological polar surface area (TPSA) is 78.7 Å². The third-order valence-electron chi connectivity index (χ3n) is 4.65. The van der Waals surface area contributed by atoms with Gasteiger partial charge in [-0.2, -0.15) is 5.26 Å². The van der Waals surface area contributed by atoms with Crippen LogP contribution in [0, 0.1) is 11.3 Å². The minimum absolute atomic E-state index is 0. The van der Waals surface area contributed by atoms with E-state index >= 15 is 0 Å². The second kappa shape index (κ2) is 11.6. The standard InChI is InChI=1S/C23H28N4O2.HI/c1-4-25-23(26-14-18-8-6-7-17(10-18)13-24)27-15-20-12-22-19(9-16(3)29-22)11-21(20)28-5-2;/h6-8,10-12,16H,4-5,9,14-15H2,1-3H3,(H2,25,26,27);1H. The van der Waals surface area contributed by atoms with Gasteiger partial charge in [-0.3, -0.25) is 0 Å². The Morgan fingerprint density at radius 1 is 1.27 bits per heavy atom. The smallest absolute Gasteiger partial charge is 0.191 e. The van der Waals surface area contributed by atoms with Gasteiger partial charge in [-0.05, 0) is 50.6 Å². The molecular weight excluding hydrogens is 491 g/mol. The van der Waals surface area contributed by atoms with Crippen molar-refractivity contribution in [3.63, 3.8) is 0 Å². The van der Waals surface area contributed by atoms with Gasteiger partial charge in [-0.25, -0.2) is 4.99 Å². The van der Waals surface area contributed by atoms with Crippen LogP contribution >= 0.6 is 24.0 Å². The number of nitrogens with zero attached hydrogens (tertiary/aromatic N) is 2. The maximum Gasteiger partial charge on any atom is 0.191 e. The summed E-state index contributed by atoms with van der Waals surface area (Å²) in [5.41, 5.74) is 3.87. The highest BCUT2D eigenvalue weighted by Crippen LogP contribution is 2.35. The number of rotatable bonds is 7. The second-order valence-electron chi connectivity index (χ2n) is 6.99. The highest BCUT2D eigenvalue weighted by Gasteiger charge is 2.21. The van der Waals surface area contributed by atoms with E-state index in [2.05, 4.69) is 40.8 Å². The first-order chi connectivity index (χ1) is 14.1. The monoisotopic (exact) mass is 520 g/mol. The number of halogens is 1. The predicted octanol–water partition coefficient (Wildman–Crippen LogP) is 4.15. The SMILES string of the molecule is CCNC(=NCc1cccc(C#N)c1)NCc1cc2c(cc1OCC)CC(C)O2.I. The maximum atomic E-state index is 9.05. The van der Waals surface area contributed by atoms with Gasteiger partial charge in [-0.1, -0.05) is 12.1 Å². The molecule has 1 aliphatic rings. The third-order valence-corrected chi connectivity index (χ3v) is 4.65. The molecule has 6 nitrogen and oxygen atoms in total. The molecule has 1 unspecified atom stereocenters. The summed E-state index contributed by atoms with van der Waals surface area (Å²) in [6.07, 6.45) is 1.11. The molecule has 160 valence electrons. The first-order valence-electron chi connectivity index (χ1n) is 10.1. The summed E-state index contributed by atoms with van der Waals surface area (Å²) >= 11 is 0. The number of fused-ring (bicyclic) bond motifs is 1. The summed E-state index contributed by atoms with van der Waals surface area (Å²) in [5.74, 6) is 2.54. The van der Waals surface area contributed by atoms with Crippen molar-refractivity contribution in [1.29, 1.82) is 5.26 Å². The molecule has 1 atom stereocenters. The Bertz CT molecular complexity index is 924. The summed E-state index contributed by atoms with van der Waals surface area (Å²) in [7, 11) is 0. The molecule has 2 aromatic carbocycles. The normalized spacial score (nSPS) is 14.7. The minimum Gasteiger partial charge on any atom is -0.494 e. The molecular formula is C23H29IN4O2. The van der Waals surface area contributed by atoms with Crippen LogP contribution in [-0.4, -0.2) is 25.2 Å². The molecule has 1 heterocycles. The van der Waals surface area contributed by atoms with Gasteiger partial charge in [0, 0.05) is 30.6 Å². The van der Waals surface area contributed by atoms with Crippen LogP contribution in [0.5, 0.6) is 11.5 Å². The number of nitriles is 1. The second-order valence-corrected chi connectivity index (χ2v) is 6.99. The molecule has 0 fully saturated rings. The van der Waals surface area contributed by atoms with Crippen LogP contribution in [0.1, 0.15) is 43.0 Å². The van der Waals surface area contributed by atoms with Crippen LogP contribution in [0.15, 0.2) is 41.4 Å². The Balaban J connectivity index is 0.00000320. The number of guanidine groups is 1. The number of nitrogens with one attached hydrogen (secondary N) is 2. The van der Waals surface area contributed by atoms with Gasteiger partial charge in [0.15, 0.2) is 5.96 Å². The van der Waals surface area contributed by atoms with Crippen LogP contribution in [0.3, 0.4) is 0 Å². The van der Waals surface area contributed by atoms with Crippen molar-refractivity contribution in [2.24, 2.45) is 4.99 Å². The van der Waals surface area contributed by atoms with Crippen LogP contribution in [0.4, 0.5) is 0 Å². The van der Waals surface area contributed by atoms with E-state index in [1.165, 1.54) is 5.56 Å². The largest absolute Gasteiger partial charge is 0.494 e. The molecule has 0 aliphatic carbocycles. The number of ether oxygens (including phenoxy) is 2. The van der Waals surface area contributed by atoms with E-state index in [1.54, 1.807) is 6.07 Å². The lowest BCUT2D eigenvalue weighted by Crippen LogP contribution is -2.36. The van der Waals surface area contributed by atoms with E-state index in [0.29, 0.717) is 31.2 Å². The van der Waals surface area contributed by atoms with Crippen molar-refractivity contribution in [1.82, 2.24) is 10.6 Å². The van der Waals surface area contributed by atoms with Crippen LogP contribution in [0.2, 0.25) is 0 Å². The first kappa shape index (κ1) is 23.8. The molecule has 3 rings (SSSR count). The van der Waals surface area contributed by atoms with E-state index in [9.17, 15) is 0 Å². The minimum atomic E-state index is 0. The number of hydrogen-bond acceptors (Lipinski definition) is 4. The summed E-state index contributed by atoms with van der Waals surface area (Å²) in [5, 5.41) is 15.7. The van der Waals surface area contributed by atoms with Gasteiger partial charge < -0.3 is 20.1 Å². The third kappa shape index (κ3) is 6.26. The Morgan fingerprint density at radius 3 is 2.83 bits per heavy atom. The van der Waals surface area contributed by atoms with Gasteiger partial charge in [0.2, 0.25) is 0 Å². The van der Waals surface area contributed by atoms with Crippen molar-refractivity contribution in [3.8, 4) is 17.6 Å². The van der Waals surface area contributed by atoms with Crippen molar-refractivity contribution in [3.05, 3.63) is 58.7 Å². The zero-order valence-electron chi connectivity index (χ0n) is 17.7. The molecule has 0 aromatic heterocycles. The van der Waals surface area contributed by atoms with Crippen molar-refractivity contribution < 1.29 is 9.47 Å². The van der Waals surface area contributed by atoms with E-state index in [0.717, 1.165) is 35.6 Å². The zero-order valence-corrected chi connectivity index (χ0v) is 20.0. The first-order valence-corrected chi connectivity index (χ1v) is 10.1. The van der Waals surface area contributed by atoms with Gasteiger partial charge in [0.05, 0.1) is 24.8 Å². The summed E-state index contributed by atoms with van der Waals surface area (Å²) in [6, 6.07) is 13.8. The molecule has 0 spiro atoms. The highest BCUT2D eigenvalue weighted by molar-refractivity contribution is 14.0. The van der Waals surface area contributed by atoms with E-state index in [-0.39, 0.29) is 30.1 Å². The van der Waals surface area contributed by atoms with Crippen LogP contribution in [0.25, 0.3) is 0 Å². The summed E-state index contributed by atoms with van der Waals surface area (Å²) < 4.78 is 11.8. The highest BCUT2D eigenvalue weighted by atomic mass is 127. The zero-order chi connectivity index (χ0) is 20.6. The summed E-state index contributed by atoms with van der Waals surface area (Å²) in [6.45, 7) is 8.54. The van der Waals surface area contributed by atoms with Gasteiger partial charge in [0.1, 0.15) is 17.6 Å². The van der Waals surface area contributed by atoms with Crippen molar-refractivity contribution in [2.75, 3.05) is 13.2 Å². The predicted molar refractivity (Wildman–Crippen MR) is 130 cm³/mol. The Hall–Kier alpha value is -2.47. The molecule has 2 N–H and O–H groups in total. The van der Waals surface area contributed by atoms with Crippen LogP contribution < -0.4 is 20.1 Å². The van der Waals surface area contributed by atoms with Gasteiger partial charge in [-0.15, -0.1) is 24.0 Å². The number of hydrogen-bond donors (Lipinski definition) is 2. The lowest BCUT2D eigenvalue weighted by atomic mass is 10.1. The molecule has 1 aliphatic heterocycles. The molecule has 30 heavy (non-hydrogen) atoms. The van der Waals surface area contributed by atoms with Gasteiger partial charge >= 0.3 is 0 Å². The molecule has 0 radical (unpaired) electrons. The molecule has 0 amide bonds. The fourth-order valence-electron chi connectivity index (χ4n) is 3.34. The molecule has 0 saturated heterocycles. The molecule has 0 saturated carbocycles. The van der Waals surface area contributed by atoms with Crippen molar-refractivity contribution >= 4 is 29.9 Å². The fraction of sp³-hybridized carbons (Fsp3) is 0.391. The summed E-state index contributed by atoms with van der Waals surface area (Å²) in [4.78, 5) is 4.65. The van der Waals surface area contributed by atoms with Crippen molar-refractivity contribution in [2.45, 2.75) is 46.4 Å². The van der Waals surface area contributed by atoms with E-state index in [4.69, 9.17) is 14.7 Å².